The highest BCUT2D eigenvalue weighted by Gasteiger charge is 2.02. The number of hydrogen-bond acceptors (Lipinski definition) is 4. The molecule has 0 aliphatic carbocycles. The van der Waals surface area contributed by atoms with E-state index in [1.54, 1.807) is 11.7 Å². The molecule has 7 nitrogen and oxygen atoms in total. The van der Waals surface area contributed by atoms with Crippen LogP contribution in [0.25, 0.3) is 0 Å². The van der Waals surface area contributed by atoms with Crippen molar-refractivity contribution in [2.75, 3.05) is 20.2 Å². The molecule has 2 N–H and O–H groups in total. The predicted octanol–water partition coefficient (Wildman–Crippen LogP) is 1.26. The van der Waals surface area contributed by atoms with Crippen LogP contribution < -0.4 is 15.4 Å². The van der Waals surface area contributed by atoms with Gasteiger partial charge < -0.3 is 15.4 Å². The second-order valence-electron chi connectivity index (χ2n) is 5.12. The zero-order valence-corrected chi connectivity index (χ0v) is 13.9. The molecule has 0 atom stereocenters. The molecule has 124 valence electrons. The number of hydrogen-bond donors (Lipinski definition) is 2. The van der Waals surface area contributed by atoms with Crippen molar-refractivity contribution in [2.24, 2.45) is 12.0 Å². The summed E-state index contributed by atoms with van der Waals surface area (Å²) in [5.74, 6) is 2.54. The second kappa shape index (κ2) is 8.77. The zero-order valence-electron chi connectivity index (χ0n) is 13.9. The van der Waals surface area contributed by atoms with Gasteiger partial charge in [0.05, 0.1) is 13.2 Å². The third-order valence-corrected chi connectivity index (χ3v) is 3.41. The van der Waals surface area contributed by atoms with E-state index in [0.717, 1.165) is 36.1 Å². The number of aromatic nitrogens is 3. The molecule has 0 saturated heterocycles. The molecule has 0 aliphatic heterocycles. The minimum absolute atomic E-state index is 0.579. The van der Waals surface area contributed by atoms with Gasteiger partial charge in [0.25, 0.3) is 0 Å². The molecule has 23 heavy (non-hydrogen) atoms. The van der Waals surface area contributed by atoms with Gasteiger partial charge in [0.15, 0.2) is 5.96 Å². The maximum absolute atomic E-state index is 5.76. The van der Waals surface area contributed by atoms with Gasteiger partial charge in [0, 0.05) is 20.6 Å². The second-order valence-corrected chi connectivity index (χ2v) is 5.12. The quantitative estimate of drug-likeness (QED) is 0.457. The highest BCUT2D eigenvalue weighted by molar-refractivity contribution is 5.79. The number of aryl methyl sites for hydroxylation is 2. The fourth-order valence-corrected chi connectivity index (χ4v) is 2.04. The topological polar surface area (TPSA) is 76.4 Å². The van der Waals surface area contributed by atoms with E-state index < -0.39 is 0 Å². The molecule has 0 bridgehead atoms. The number of benzene rings is 1. The van der Waals surface area contributed by atoms with Crippen molar-refractivity contribution < 1.29 is 4.74 Å². The number of aliphatic imine (C=N–C) groups is 1. The van der Waals surface area contributed by atoms with Gasteiger partial charge in [-0.3, -0.25) is 9.67 Å². The van der Waals surface area contributed by atoms with Crippen LogP contribution in [-0.4, -0.2) is 40.9 Å². The van der Waals surface area contributed by atoms with Crippen LogP contribution in [0.5, 0.6) is 5.75 Å². The van der Waals surface area contributed by atoms with E-state index >= 15 is 0 Å². The van der Waals surface area contributed by atoms with Crippen LogP contribution in [0, 0.1) is 6.92 Å². The molecule has 1 aromatic heterocycles. The van der Waals surface area contributed by atoms with Crippen molar-refractivity contribution >= 4 is 5.96 Å². The first-order valence-corrected chi connectivity index (χ1v) is 7.66. The van der Waals surface area contributed by atoms with Gasteiger partial charge in [0.1, 0.15) is 17.9 Å². The Bertz CT molecular complexity index is 637. The van der Waals surface area contributed by atoms with Crippen molar-refractivity contribution in [1.29, 1.82) is 0 Å². The Kier molecular flexibility index (Phi) is 6.40. The van der Waals surface area contributed by atoms with Crippen LogP contribution in [0.2, 0.25) is 0 Å². The van der Waals surface area contributed by atoms with Crippen LogP contribution in [0.1, 0.15) is 17.8 Å². The molecule has 7 heteroatoms. The number of nitrogens with one attached hydrogen (secondary N) is 2. The van der Waals surface area contributed by atoms with Crippen LogP contribution >= 0.6 is 0 Å². The molecular weight excluding hydrogens is 292 g/mol. The number of nitrogens with zero attached hydrogens (tertiary/aromatic N) is 4. The van der Waals surface area contributed by atoms with Gasteiger partial charge in [-0.2, -0.15) is 5.10 Å². The monoisotopic (exact) mass is 316 g/mol. The Morgan fingerprint density at radius 2 is 2.13 bits per heavy atom. The molecule has 2 rings (SSSR count). The molecule has 1 heterocycles. The normalized spacial score (nSPS) is 11.3. The maximum Gasteiger partial charge on any atom is 0.191 e. The standard InChI is InChI=1S/C16H24N6O/c1-13-7-4-5-8-14(13)23-10-6-9-18-16(17-2)19-11-15-20-12-21-22(15)3/h4-5,7-8,12H,6,9-11H2,1-3H3,(H2,17,18,19). The Morgan fingerprint density at radius 1 is 1.30 bits per heavy atom. The van der Waals surface area contributed by atoms with Gasteiger partial charge in [-0.1, -0.05) is 18.2 Å². The molecule has 0 amide bonds. The van der Waals surface area contributed by atoms with Crippen LogP contribution in [0.3, 0.4) is 0 Å². The minimum atomic E-state index is 0.579. The summed E-state index contributed by atoms with van der Waals surface area (Å²) in [6, 6.07) is 8.03. The van der Waals surface area contributed by atoms with Gasteiger partial charge in [-0.15, -0.1) is 0 Å². The summed E-state index contributed by atoms with van der Waals surface area (Å²) in [5, 5.41) is 10.5. The molecule has 0 unspecified atom stereocenters. The van der Waals surface area contributed by atoms with Crippen LogP contribution in [0.15, 0.2) is 35.6 Å². The summed E-state index contributed by atoms with van der Waals surface area (Å²) in [6.45, 7) is 4.07. The van der Waals surface area contributed by atoms with Crippen molar-refractivity contribution in [3.8, 4) is 5.75 Å². The average molecular weight is 316 g/mol. The minimum Gasteiger partial charge on any atom is -0.493 e. The molecule has 1 aromatic carbocycles. The fraction of sp³-hybridized carbons (Fsp3) is 0.438. The SMILES string of the molecule is CN=C(NCCCOc1ccccc1C)NCc1ncnn1C. The molecule has 0 spiro atoms. The highest BCUT2D eigenvalue weighted by atomic mass is 16.5. The Hall–Kier alpha value is -2.57. The average Bonchev–Trinajstić information content (AvgIpc) is 2.97. The van der Waals surface area contributed by atoms with Gasteiger partial charge in [-0.25, -0.2) is 4.98 Å². The van der Waals surface area contributed by atoms with E-state index in [-0.39, 0.29) is 0 Å². The van der Waals surface area contributed by atoms with E-state index in [9.17, 15) is 0 Å². The highest BCUT2D eigenvalue weighted by Crippen LogP contribution is 2.15. The van der Waals surface area contributed by atoms with Gasteiger partial charge >= 0.3 is 0 Å². The summed E-state index contributed by atoms with van der Waals surface area (Å²) < 4.78 is 7.50. The molecule has 0 radical (unpaired) electrons. The van der Waals surface area contributed by atoms with Gasteiger partial charge in [0.2, 0.25) is 0 Å². The van der Waals surface area contributed by atoms with E-state index in [4.69, 9.17) is 4.74 Å². The van der Waals surface area contributed by atoms with Crippen molar-refractivity contribution in [3.05, 3.63) is 42.0 Å². The summed E-state index contributed by atoms with van der Waals surface area (Å²) in [5.41, 5.74) is 1.15. The predicted molar refractivity (Wildman–Crippen MR) is 90.5 cm³/mol. The largest absolute Gasteiger partial charge is 0.493 e. The number of ether oxygens (including phenoxy) is 1. The van der Waals surface area contributed by atoms with E-state index in [2.05, 4.69) is 25.7 Å². The lowest BCUT2D eigenvalue weighted by atomic mass is 10.2. The fourth-order valence-electron chi connectivity index (χ4n) is 2.04. The van der Waals surface area contributed by atoms with Gasteiger partial charge in [-0.05, 0) is 25.0 Å². The first-order chi connectivity index (χ1) is 11.2. The molecule has 0 aliphatic rings. The lowest BCUT2D eigenvalue weighted by Crippen LogP contribution is -2.38. The third-order valence-electron chi connectivity index (χ3n) is 3.41. The van der Waals surface area contributed by atoms with E-state index in [1.165, 1.54) is 6.33 Å². The smallest absolute Gasteiger partial charge is 0.191 e. The molecule has 2 aromatic rings. The Morgan fingerprint density at radius 3 is 2.83 bits per heavy atom. The zero-order chi connectivity index (χ0) is 16.5. The Balaban J connectivity index is 1.64. The Labute approximate surface area is 136 Å². The summed E-state index contributed by atoms with van der Waals surface area (Å²) >= 11 is 0. The third kappa shape index (κ3) is 5.28. The summed E-state index contributed by atoms with van der Waals surface area (Å²) in [6.07, 6.45) is 2.43. The summed E-state index contributed by atoms with van der Waals surface area (Å²) in [4.78, 5) is 8.34. The number of para-hydroxylation sites is 1. The summed E-state index contributed by atoms with van der Waals surface area (Å²) in [7, 11) is 3.61. The van der Waals surface area contributed by atoms with E-state index in [1.807, 2.05) is 38.2 Å². The molecule has 0 saturated carbocycles. The van der Waals surface area contributed by atoms with E-state index in [0.29, 0.717) is 13.2 Å². The lowest BCUT2D eigenvalue weighted by molar-refractivity contribution is 0.309. The number of guanidine groups is 1. The maximum atomic E-state index is 5.76. The number of rotatable bonds is 7. The lowest BCUT2D eigenvalue weighted by Gasteiger charge is -2.12. The molecular formula is C16H24N6O. The van der Waals surface area contributed by atoms with Crippen molar-refractivity contribution in [1.82, 2.24) is 25.4 Å². The molecule has 0 fully saturated rings. The van der Waals surface area contributed by atoms with Crippen molar-refractivity contribution in [2.45, 2.75) is 19.9 Å². The van der Waals surface area contributed by atoms with Crippen LogP contribution in [-0.2, 0) is 13.6 Å². The van der Waals surface area contributed by atoms with Crippen LogP contribution in [0.4, 0.5) is 0 Å². The first-order valence-electron chi connectivity index (χ1n) is 7.66. The first kappa shape index (κ1) is 16.8. The van der Waals surface area contributed by atoms with Crippen molar-refractivity contribution in [3.63, 3.8) is 0 Å².